The lowest BCUT2D eigenvalue weighted by Gasteiger charge is -2.25. The molecule has 0 fully saturated rings. The summed E-state index contributed by atoms with van der Waals surface area (Å²) in [6, 6.07) is 21.5. The highest BCUT2D eigenvalue weighted by molar-refractivity contribution is 5.80. The van der Waals surface area contributed by atoms with E-state index in [2.05, 4.69) is 15.0 Å². The zero-order valence-electron chi connectivity index (χ0n) is 16.5. The number of pyridine rings is 1. The summed E-state index contributed by atoms with van der Waals surface area (Å²) in [5, 5.41) is 0.924. The van der Waals surface area contributed by atoms with Crippen molar-refractivity contribution in [3.8, 4) is 0 Å². The molecule has 0 amide bonds. The SMILES string of the molecule is O=c1[nH]c2ccc(N(Cc3ccccc3F)Cc3cc4ccccc4[nH]c3=O)cc2[nH]1. The minimum atomic E-state index is -0.309. The number of anilines is 1. The molecule has 5 aromatic rings. The highest BCUT2D eigenvalue weighted by atomic mass is 19.1. The van der Waals surface area contributed by atoms with Crippen molar-refractivity contribution in [3.63, 3.8) is 0 Å². The fourth-order valence-electron chi connectivity index (χ4n) is 3.80. The Labute approximate surface area is 176 Å². The van der Waals surface area contributed by atoms with Crippen LogP contribution < -0.4 is 16.1 Å². The molecule has 0 saturated heterocycles. The molecule has 0 atom stereocenters. The average Bonchev–Trinajstić information content (AvgIpc) is 3.14. The Bertz CT molecular complexity index is 1520. The molecule has 3 N–H and O–H groups in total. The number of imidazole rings is 1. The highest BCUT2D eigenvalue weighted by Crippen LogP contribution is 2.24. The number of nitrogens with zero attached hydrogens (tertiary/aromatic N) is 1. The molecule has 2 heterocycles. The van der Waals surface area contributed by atoms with Crippen molar-refractivity contribution < 1.29 is 4.39 Å². The Hall–Kier alpha value is -4.13. The van der Waals surface area contributed by atoms with Crippen LogP contribution in [0.2, 0.25) is 0 Å². The summed E-state index contributed by atoms with van der Waals surface area (Å²) in [6.45, 7) is 0.535. The lowest BCUT2D eigenvalue weighted by atomic mass is 10.1. The van der Waals surface area contributed by atoms with Crippen LogP contribution in [0.3, 0.4) is 0 Å². The lowest BCUT2D eigenvalue weighted by molar-refractivity contribution is 0.603. The Morgan fingerprint density at radius 1 is 0.710 bits per heavy atom. The van der Waals surface area contributed by atoms with Crippen LogP contribution in [0, 0.1) is 5.82 Å². The summed E-state index contributed by atoms with van der Waals surface area (Å²) in [7, 11) is 0. The van der Waals surface area contributed by atoms with Crippen molar-refractivity contribution in [1.29, 1.82) is 0 Å². The maximum atomic E-state index is 14.4. The summed E-state index contributed by atoms with van der Waals surface area (Å²) in [5.74, 6) is -0.309. The fourth-order valence-corrected chi connectivity index (χ4v) is 3.80. The number of rotatable bonds is 5. The quantitative estimate of drug-likeness (QED) is 0.406. The van der Waals surface area contributed by atoms with Crippen LogP contribution in [0.1, 0.15) is 11.1 Å². The Morgan fingerprint density at radius 2 is 1.45 bits per heavy atom. The molecule has 31 heavy (non-hydrogen) atoms. The molecule has 3 aromatic carbocycles. The second-order valence-electron chi connectivity index (χ2n) is 7.47. The third-order valence-electron chi connectivity index (χ3n) is 5.38. The second-order valence-corrected chi connectivity index (χ2v) is 7.47. The topological polar surface area (TPSA) is 84.8 Å². The largest absolute Gasteiger partial charge is 0.362 e. The maximum absolute atomic E-state index is 14.4. The van der Waals surface area contributed by atoms with Gasteiger partial charge in [-0.15, -0.1) is 0 Å². The van der Waals surface area contributed by atoms with E-state index >= 15 is 0 Å². The van der Waals surface area contributed by atoms with Gasteiger partial charge in [0.2, 0.25) is 0 Å². The molecule has 154 valence electrons. The van der Waals surface area contributed by atoms with Gasteiger partial charge in [-0.1, -0.05) is 36.4 Å². The van der Waals surface area contributed by atoms with Crippen LogP contribution in [-0.4, -0.2) is 15.0 Å². The molecule has 0 spiro atoms. The van der Waals surface area contributed by atoms with E-state index in [1.165, 1.54) is 6.07 Å². The standard InChI is InChI=1S/C24H19FN4O2/c25-19-7-3-1-6-16(19)13-29(18-9-10-21-22(12-18)28-24(31)27-21)14-17-11-15-5-2-4-8-20(15)26-23(17)30/h1-12H,13-14H2,(H,26,30)(H2,27,28,31). The van der Waals surface area contributed by atoms with E-state index in [4.69, 9.17) is 0 Å². The monoisotopic (exact) mass is 414 g/mol. The van der Waals surface area contributed by atoms with E-state index in [9.17, 15) is 14.0 Å². The molecule has 0 aliphatic carbocycles. The molecule has 2 aromatic heterocycles. The third kappa shape index (κ3) is 3.73. The van der Waals surface area contributed by atoms with Gasteiger partial charge in [0.15, 0.2) is 0 Å². The van der Waals surface area contributed by atoms with Gasteiger partial charge < -0.3 is 19.9 Å². The summed E-state index contributed by atoms with van der Waals surface area (Å²) in [5.41, 5.74) is 3.46. The zero-order valence-corrected chi connectivity index (χ0v) is 16.5. The molecule has 5 rings (SSSR count). The Balaban J connectivity index is 1.59. The smallest absolute Gasteiger partial charge is 0.323 e. The highest BCUT2D eigenvalue weighted by Gasteiger charge is 2.15. The molecule has 0 bridgehead atoms. The fraction of sp³-hybridized carbons (Fsp3) is 0.0833. The van der Waals surface area contributed by atoms with E-state index < -0.39 is 0 Å². The zero-order chi connectivity index (χ0) is 21.4. The van der Waals surface area contributed by atoms with Gasteiger partial charge in [-0.2, -0.15) is 0 Å². The van der Waals surface area contributed by atoms with Gasteiger partial charge in [0.25, 0.3) is 5.56 Å². The van der Waals surface area contributed by atoms with Crippen LogP contribution >= 0.6 is 0 Å². The molecule has 0 radical (unpaired) electrons. The normalized spacial score (nSPS) is 11.3. The summed E-state index contributed by atoms with van der Waals surface area (Å²) in [4.78, 5) is 34.7. The first-order chi connectivity index (χ1) is 15.1. The Morgan fingerprint density at radius 3 is 2.32 bits per heavy atom. The number of fused-ring (bicyclic) bond motifs is 2. The molecular weight excluding hydrogens is 395 g/mol. The number of hydrogen-bond acceptors (Lipinski definition) is 3. The predicted octanol–water partition coefficient (Wildman–Crippen LogP) is 4.04. The van der Waals surface area contributed by atoms with Crippen LogP contribution in [0.4, 0.5) is 10.1 Å². The van der Waals surface area contributed by atoms with Crippen molar-refractivity contribution in [2.24, 2.45) is 0 Å². The van der Waals surface area contributed by atoms with E-state index in [0.717, 1.165) is 16.6 Å². The average molecular weight is 414 g/mol. The number of nitrogens with one attached hydrogen (secondary N) is 3. The molecule has 0 saturated carbocycles. The molecule has 0 aliphatic heterocycles. The minimum Gasteiger partial charge on any atom is -0.362 e. The molecular formula is C24H19FN4O2. The van der Waals surface area contributed by atoms with E-state index in [1.807, 2.05) is 47.4 Å². The molecule has 7 heteroatoms. The lowest BCUT2D eigenvalue weighted by Crippen LogP contribution is -2.27. The van der Waals surface area contributed by atoms with E-state index in [0.29, 0.717) is 22.2 Å². The third-order valence-corrected chi connectivity index (χ3v) is 5.38. The first kappa shape index (κ1) is 18.9. The summed E-state index contributed by atoms with van der Waals surface area (Å²) < 4.78 is 14.4. The van der Waals surface area contributed by atoms with Crippen LogP contribution in [0.15, 0.2) is 82.4 Å². The van der Waals surface area contributed by atoms with Crippen molar-refractivity contribution >= 4 is 27.6 Å². The first-order valence-corrected chi connectivity index (χ1v) is 9.88. The van der Waals surface area contributed by atoms with Crippen molar-refractivity contribution in [3.05, 3.63) is 111 Å². The van der Waals surface area contributed by atoms with Crippen molar-refractivity contribution in [2.45, 2.75) is 13.1 Å². The van der Waals surface area contributed by atoms with E-state index in [-0.39, 0.29) is 30.2 Å². The van der Waals surface area contributed by atoms with Gasteiger partial charge in [-0.05, 0) is 41.8 Å². The molecule has 6 nitrogen and oxygen atoms in total. The number of aromatic amines is 3. The van der Waals surface area contributed by atoms with Crippen molar-refractivity contribution in [2.75, 3.05) is 4.90 Å². The summed E-state index contributed by atoms with van der Waals surface area (Å²) in [6.07, 6.45) is 0. The van der Waals surface area contributed by atoms with Gasteiger partial charge in [-0.3, -0.25) is 4.79 Å². The number of aromatic nitrogens is 3. The van der Waals surface area contributed by atoms with Crippen molar-refractivity contribution in [1.82, 2.24) is 15.0 Å². The number of benzene rings is 3. The van der Waals surface area contributed by atoms with Gasteiger partial charge in [0.1, 0.15) is 5.82 Å². The summed E-state index contributed by atoms with van der Waals surface area (Å²) >= 11 is 0. The molecule has 0 unspecified atom stereocenters. The van der Waals surface area contributed by atoms with Gasteiger partial charge >= 0.3 is 5.69 Å². The number of para-hydroxylation sites is 1. The van der Waals surface area contributed by atoms with Crippen LogP contribution in [0.25, 0.3) is 21.9 Å². The van der Waals surface area contributed by atoms with Gasteiger partial charge in [0.05, 0.1) is 11.0 Å². The van der Waals surface area contributed by atoms with Gasteiger partial charge in [0, 0.05) is 35.4 Å². The minimum absolute atomic E-state index is 0.187. The van der Waals surface area contributed by atoms with Crippen LogP contribution in [-0.2, 0) is 13.1 Å². The second kappa shape index (κ2) is 7.60. The van der Waals surface area contributed by atoms with E-state index in [1.54, 1.807) is 24.3 Å². The molecule has 0 aliphatic rings. The Kier molecular flexibility index (Phi) is 4.63. The predicted molar refractivity (Wildman–Crippen MR) is 120 cm³/mol. The first-order valence-electron chi connectivity index (χ1n) is 9.88. The number of hydrogen-bond donors (Lipinski definition) is 3. The van der Waals surface area contributed by atoms with Gasteiger partial charge in [-0.25, -0.2) is 9.18 Å². The van der Waals surface area contributed by atoms with Crippen LogP contribution in [0.5, 0.6) is 0 Å². The number of halogens is 1. The number of H-pyrrole nitrogens is 3. The maximum Gasteiger partial charge on any atom is 0.323 e.